The van der Waals surface area contributed by atoms with Gasteiger partial charge in [0.1, 0.15) is 11.4 Å². The van der Waals surface area contributed by atoms with E-state index in [0.29, 0.717) is 13.2 Å². The molecule has 0 aliphatic rings. The van der Waals surface area contributed by atoms with Crippen LogP contribution in [0.2, 0.25) is 18.1 Å². The van der Waals surface area contributed by atoms with Gasteiger partial charge in [0.05, 0.1) is 19.0 Å². The number of nitrogens with two attached hydrogens (primary N) is 1. The summed E-state index contributed by atoms with van der Waals surface area (Å²) < 4.78 is 14.5. The Morgan fingerprint density at radius 1 is 1.23 bits per heavy atom. The lowest BCUT2D eigenvalue weighted by Crippen LogP contribution is -2.45. The molecule has 0 aliphatic heterocycles. The highest BCUT2D eigenvalue weighted by Gasteiger charge is 2.39. The Morgan fingerprint density at radius 3 is 2.50 bits per heavy atom. The molecule has 0 radical (unpaired) electrons. The second-order valence-electron chi connectivity index (χ2n) is 9.56. The minimum atomic E-state index is -1.94. The first kappa shape index (κ1) is 24.1. The van der Waals surface area contributed by atoms with Crippen LogP contribution in [0.5, 0.6) is 5.75 Å². The minimum Gasteiger partial charge on any atom is -0.494 e. The van der Waals surface area contributed by atoms with Gasteiger partial charge in [-0.15, -0.1) is 0 Å². The highest BCUT2D eigenvalue weighted by atomic mass is 28.4. The molecular weight excluding hydrogens is 394 g/mol. The summed E-state index contributed by atoms with van der Waals surface area (Å²) in [4.78, 5) is 15.4. The van der Waals surface area contributed by atoms with Crippen molar-refractivity contribution < 1.29 is 14.0 Å². The van der Waals surface area contributed by atoms with Crippen molar-refractivity contribution in [1.29, 1.82) is 0 Å². The molecule has 0 saturated carbocycles. The van der Waals surface area contributed by atoms with Gasteiger partial charge < -0.3 is 19.5 Å². The van der Waals surface area contributed by atoms with Gasteiger partial charge in [0.15, 0.2) is 8.32 Å². The van der Waals surface area contributed by atoms with Crippen LogP contribution >= 0.6 is 0 Å². The summed E-state index contributed by atoms with van der Waals surface area (Å²) in [6.07, 6.45) is 5.10. The van der Waals surface area contributed by atoms with Gasteiger partial charge in [0.25, 0.3) is 5.91 Å². The summed E-state index contributed by atoms with van der Waals surface area (Å²) in [5.74, 6) is 0.387. The number of ether oxygens (including phenoxy) is 1. The Bertz CT molecular complexity index is 856. The summed E-state index contributed by atoms with van der Waals surface area (Å²) in [7, 11) is -1.94. The third-order valence-corrected chi connectivity index (χ3v) is 10.5. The van der Waals surface area contributed by atoms with Gasteiger partial charge in [-0.2, -0.15) is 0 Å². The quantitative estimate of drug-likeness (QED) is 0.431. The molecule has 7 heteroatoms. The van der Waals surface area contributed by atoms with E-state index in [9.17, 15) is 4.79 Å². The van der Waals surface area contributed by atoms with Gasteiger partial charge in [0, 0.05) is 12.7 Å². The second-order valence-corrected chi connectivity index (χ2v) is 14.3. The molecule has 2 rings (SSSR count). The van der Waals surface area contributed by atoms with Gasteiger partial charge in [-0.1, -0.05) is 26.8 Å². The number of imidazole rings is 1. The number of hydrogen-bond donors (Lipinski definition) is 1. The Labute approximate surface area is 181 Å². The van der Waals surface area contributed by atoms with Crippen molar-refractivity contribution in [3.05, 3.63) is 47.5 Å². The molecule has 0 fully saturated rings. The van der Waals surface area contributed by atoms with E-state index >= 15 is 0 Å². The van der Waals surface area contributed by atoms with Crippen LogP contribution in [0.25, 0.3) is 0 Å². The first-order valence-corrected chi connectivity index (χ1v) is 13.5. The van der Waals surface area contributed by atoms with Crippen molar-refractivity contribution >= 4 is 14.2 Å². The number of primary amides is 1. The summed E-state index contributed by atoms with van der Waals surface area (Å²) in [6, 6.07) is 6.18. The zero-order valence-electron chi connectivity index (χ0n) is 19.5. The first-order valence-electron chi connectivity index (χ1n) is 10.6. The van der Waals surface area contributed by atoms with Crippen molar-refractivity contribution in [2.45, 2.75) is 78.2 Å². The zero-order valence-corrected chi connectivity index (χ0v) is 20.5. The number of benzene rings is 1. The number of carbonyl (C=O) groups is 1. The Kier molecular flexibility index (Phi) is 7.88. The fourth-order valence-electron chi connectivity index (χ4n) is 2.91. The molecule has 2 N–H and O–H groups in total. The Balaban J connectivity index is 2.00. The molecule has 1 atom stereocenters. The van der Waals surface area contributed by atoms with Crippen molar-refractivity contribution in [1.82, 2.24) is 9.55 Å². The molecule has 0 spiro atoms. The van der Waals surface area contributed by atoms with Crippen LogP contribution in [0.4, 0.5) is 0 Å². The number of amides is 1. The van der Waals surface area contributed by atoms with Crippen LogP contribution < -0.4 is 10.5 Å². The molecule has 0 saturated heterocycles. The largest absolute Gasteiger partial charge is 0.494 e. The minimum absolute atomic E-state index is 0.0178. The monoisotopic (exact) mass is 431 g/mol. The van der Waals surface area contributed by atoms with Gasteiger partial charge in [0.2, 0.25) is 0 Å². The highest BCUT2D eigenvalue weighted by molar-refractivity contribution is 6.74. The van der Waals surface area contributed by atoms with Gasteiger partial charge in [-0.25, -0.2) is 4.98 Å². The number of hydrogen-bond acceptors (Lipinski definition) is 4. The predicted octanol–water partition coefficient (Wildman–Crippen LogP) is 4.85. The topological polar surface area (TPSA) is 79.4 Å². The van der Waals surface area contributed by atoms with Crippen molar-refractivity contribution in [2.24, 2.45) is 5.73 Å². The Hall–Kier alpha value is -2.12. The average Bonchev–Trinajstić information content (AvgIpc) is 3.09. The molecule has 1 unspecified atom stereocenters. The fourth-order valence-corrected chi connectivity index (χ4v) is 4.29. The predicted molar refractivity (Wildman–Crippen MR) is 123 cm³/mol. The van der Waals surface area contributed by atoms with E-state index in [-0.39, 0.29) is 16.8 Å². The van der Waals surface area contributed by atoms with Crippen LogP contribution in [0.3, 0.4) is 0 Å². The number of aryl methyl sites for hydroxylation is 2. The summed E-state index contributed by atoms with van der Waals surface area (Å²) in [6.45, 7) is 16.7. The number of nitrogens with zero attached hydrogens (tertiary/aromatic N) is 2. The molecule has 1 aromatic carbocycles. The molecule has 2 aromatic rings. The lowest BCUT2D eigenvalue weighted by Gasteiger charge is -2.39. The molecule has 166 valence electrons. The van der Waals surface area contributed by atoms with E-state index in [1.807, 2.05) is 10.6 Å². The van der Waals surface area contributed by atoms with E-state index in [2.05, 4.69) is 64.8 Å². The summed E-state index contributed by atoms with van der Waals surface area (Å²) in [5.41, 5.74) is 8.11. The lowest BCUT2D eigenvalue weighted by atomic mass is 10.1. The van der Waals surface area contributed by atoms with Gasteiger partial charge in [-0.3, -0.25) is 4.79 Å². The maximum absolute atomic E-state index is 11.4. The van der Waals surface area contributed by atoms with Crippen molar-refractivity contribution in [3.8, 4) is 5.75 Å². The van der Waals surface area contributed by atoms with E-state index in [4.69, 9.17) is 14.9 Å². The van der Waals surface area contributed by atoms with Crippen LogP contribution in [-0.4, -0.2) is 36.5 Å². The molecule has 1 heterocycles. The SMILES string of the molecule is Cc1ccc(OCCCC(Cn2cnc(C(N)=O)c2)O[Si](C)(C)C(C)(C)C)cc1C. The number of rotatable bonds is 10. The molecule has 6 nitrogen and oxygen atoms in total. The Morgan fingerprint density at radius 2 is 1.93 bits per heavy atom. The number of carbonyl (C=O) groups excluding carboxylic acids is 1. The van der Waals surface area contributed by atoms with Gasteiger partial charge >= 0.3 is 0 Å². The standard InChI is InChI=1S/C23H37N3O3Si/c1-17-10-11-19(13-18(17)2)28-12-8-9-20(29-30(6,7)23(3,4)5)14-26-15-21(22(24)27)25-16-26/h10-11,13,15-16,20H,8-9,12,14H2,1-7H3,(H2,24,27). The van der Waals surface area contributed by atoms with E-state index in [1.54, 1.807) is 12.5 Å². The van der Waals surface area contributed by atoms with Crippen LogP contribution in [0.15, 0.2) is 30.7 Å². The number of aromatic nitrogens is 2. The fraction of sp³-hybridized carbons (Fsp3) is 0.565. The molecule has 0 aliphatic carbocycles. The van der Waals surface area contributed by atoms with Crippen LogP contribution in [0, 0.1) is 13.8 Å². The highest BCUT2D eigenvalue weighted by Crippen LogP contribution is 2.38. The zero-order chi connectivity index (χ0) is 22.5. The van der Waals surface area contributed by atoms with Gasteiger partial charge in [-0.05, 0) is 68.1 Å². The smallest absolute Gasteiger partial charge is 0.268 e. The second kappa shape index (κ2) is 9.79. The molecule has 30 heavy (non-hydrogen) atoms. The van der Waals surface area contributed by atoms with Crippen molar-refractivity contribution in [3.63, 3.8) is 0 Å². The summed E-state index contributed by atoms with van der Waals surface area (Å²) in [5, 5.41) is 0.120. The van der Waals surface area contributed by atoms with E-state index < -0.39 is 14.2 Å². The van der Waals surface area contributed by atoms with Crippen LogP contribution in [-0.2, 0) is 11.0 Å². The average molecular weight is 432 g/mol. The normalized spacial score (nSPS) is 13.3. The van der Waals surface area contributed by atoms with Crippen LogP contribution in [0.1, 0.15) is 55.2 Å². The maximum Gasteiger partial charge on any atom is 0.268 e. The molecule has 0 bridgehead atoms. The first-order chi connectivity index (χ1) is 13.9. The molecule has 1 amide bonds. The molecular formula is C23H37N3O3Si. The van der Waals surface area contributed by atoms with E-state index in [1.165, 1.54) is 11.1 Å². The van der Waals surface area contributed by atoms with Crippen molar-refractivity contribution in [2.75, 3.05) is 6.61 Å². The lowest BCUT2D eigenvalue weighted by molar-refractivity contribution is 0.0995. The third-order valence-electron chi connectivity index (χ3n) is 5.99. The third kappa shape index (κ3) is 6.70. The summed E-state index contributed by atoms with van der Waals surface area (Å²) >= 11 is 0. The molecule has 1 aromatic heterocycles. The van der Waals surface area contributed by atoms with E-state index in [0.717, 1.165) is 18.6 Å². The maximum atomic E-state index is 11.4.